The van der Waals surface area contributed by atoms with Gasteiger partial charge in [0.05, 0.1) is 16.8 Å². The Bertz CT molecular complexity index is 979. The number of halogens is 1. The predicted octanol–water partition coefficient (Wildman–Crippen LogP) is 6.19. The Morgan fingerprint density at radius 2 is 1.90 bits per heavy atom. The first kappa shape index (κ1) is 21.7. The molecule has 0 radical (unpaired) electrons. The van der Waals surface area contributed by atoms with Crippen molar-refractivity contribution in [1.82, 2.24) is 0 Å². The Balaban J connectivity index is 1.46. The van der Waals surface area contributed by atoms with Gasteiger partial charge in [-0.15, -0.1) is 0 Å². The van der Waals surface area contributed by atoms with Crippen LogP contribution < -0.4 is 4.74 Å². The average Bonchev–Trinajstić information content (AvgIpc) is 2.99. The number of hydrogen-bond acceptors (Lipinski definition) is 3. The summed E-state index contributed by atoms with van der Waals surface area (Å²) in [5.41, 5.74) is 3.58. The number of ether oxygens (including phenoxy) is 1. The summed E-state index contributed by atoms with van der Waals surface area (Å²) >= 11 is 2.29. The molecular formula is C27H33IO3. The van der Waals surface area contributed by atoms with Crippen LogP contribution in [0.25, 0.3) is 6.08 Å². The molecule has 1 aromatic rings. The zero-order chi connectivity index (χ0) is 22.0. The van der Waals surface area contributed by atoms with Gasteiger partial charge in [0, 0.05) is 5.41 Å². The third-order valence-electron chi connectivity index (χ3n) is 9.23. The maximum atomic E-state index is 13.6. The summed E-state index contributed by atoms with van der Waals surface area (Å²) in [6, 6.07) is 6.15. The molecule has 0 heterocycles. The van der Waals surface area contributed by atoms with Crippen LogP contribution >= 0.6 is 22.6 Å². The molecule has 0 bridgehead atoms. The molecule has 0 amide bonds. The molecular weight excluding hydrogens is 499 g/mol. The third kappa shape index (κ3) is 3.35. The molecule has 6 atom stereocenters. The van der Waals surface area contributed by atoms with Crippen molar-refractivity contribution in [2.24, 2.45) is 28.6 Å². The first-order valence-corrected chi connectivity index (χ1v) is 12.8. The maximum absolute atomic E-state index is 13.6. The first-order chi connectivity index (χ1) is 14.8. The highest BCUT2D eigenvalue weighted by Crippen LogP contribution is 2.64. The average molecular weight is 532 g/mol. The van der Waals surface area contributed by atoms with E-state index in [0.29, 0.717) is 23.5 Å². The second kappa shape index (κ2) is 7.72. The molecule has 3 fully saturated rings. The lowest BCUT2D eigenvalue weighted by Crippen LogP contribution is -2.50. The Kier molecular flexibility index (Phi) is 5.40. The van der Waals surface area contributed by atoms with Crippen molar-refractivity contribution in [3.63, 3.8) is 0 Å². The monoisotopic (exact) mass is 532 g/mol. The van der Waals surface area contributed by atoms with E-state index in [0.717, 1.165) is 65.4 Å². The van der Waals surface area contributed by atoms with Crippen molar-refractivity contribution in [3.8, 4) is 5.75 Å². The SMILES string of the molecule is COc1ccc(/C=C2\C[C@H]3[C@@H]4CC=C5C[C@@H](O)CC[C@]5(C)[C@H]4CC[C@]3(C)C2=O)cc1I. The fraction of sp³-hybridized carbons (Fsp3) is 0.593. The van der Waals surface area contributed by atoms with Crippen LogP contribution in [0.15, 0.2) is 35.4 Å². The maximum Gasteiger partial charge on any atom is 0.165 e. The fourth-order valence-electron chi connectivity index (χ4n) is 7.41. The zero-order valence-electron chi connectivity index (χ0n) is 18.8. The minimum Gasteiger partial charge on any atom is -0.496 e. The van der Waals surface area contributed by atoms with Crippen LogP contribution in [0.2, 0.25) is 0 Å². The van der Waals surface area contributed by atoms with Gasteiger partial charge < -0.3 is 9.84 Å². The predicted molar refractivity (Wildman–Crippen MR) is 132 cm³/mol. The lowest BCUT2D eigenvalue weighted by molar-refractivity contribution is -0.130. The van der Waals surface area contributed by atoms with Gasteiger partial charge in [0.2, 0.25) is 0 Å². The number of rotatable bonds is 2. The van der Waals surface area contributed by atoms with Gasteiger partial charge in [-0.2, -0.15) is 0 Å². The number of aliphatic hydroxyl groups is 1. The van der Waals surface area contributed by atoms with Crippen molar-refractivity contribution >= 4 is 34.5 Å². The van der Waals surface area contributed by atoms with Crippen LogP contribution in [-0.4, -0.2) is 24.1 Å². The molecule has 31 heavy (non-hydrogen) atoms. The van der Waals surface area contributed by atoms with Gasteiger partial charge in [0.25, 0.3) is 0 Å². The molecule has 1 N–H and O–H groups in total. The highest BCUT2D eigenvalue weighted by Gasteiger charge is 2.59. The van der Waals surface area contributed by atoms with Crippen LogP contribution in [-0.2, 0) is 4.79 Å². The normalized spacial score (nSPS) is 40.7. The highest BCUT2D eigenvalue weighted by atomic mass is 127. The van der Waals surface area contributed by atoms with Gasteiger partial charge in [0.15, 0.2) is 5.78 Å². The number of allylic oxidation sites excluding steroid dienone is 2. The van der Waals surface area contributed by atoms with E-state index >= 15 is 0 Å². The molecule has 166 valence electrons. The molecule has 1 aromatic carbocycles. The Morgan fingerprint density at radius 3 is 2.65 bits per heavy atom. The molecule has 0 saturated heterocycles. The van der Waals surface area contributed by atoms with Gasteiger partial charge in [-0.3, -0.25) is 4.79 Å². The van der Waals surface area contributed by atoms with E-state index in [2.05, 4.69) is 60.7 Å². The fourth-order valence-corrected chi connectivity index (χ4v) is 8.17. The van der Waals surface area contributed by atoms with Crippen molar-refractivity contribution in [2.75, 3.05) is 7.11 Å². The second-order valence-electron chi connectivity index (χ2n) is 10.7. The van der Waals surface area contributed by atoms with Crippen molar-refractivity contribution in [2.45, 2.75) is 64.9 Å². The number of aliphatic hydroxyl groups excluding tert-OH is 1. The lowest BCUT2D eigenvalue weighted by atomic mass is 9.48. The summed E-state index contributed by atoms with van der Waals surface area (Å²) in [7, 11) is 1.69. The lowest BCUT2D eigenvalue weighted by Gasteiger charge is -2.56. The van der Waals surface area contributed by atoms with E-state index in [1.807, 2.05) is 6.07 Å². The highest BCUT2D eigenvalue weighted by molar-refractivity contribution is 14.1. The van der Waals surface area contributed by atoms with Crippen molar-refractivity contribution in [1.29, 1.82) is 0 Å². The van der Waals surface area contributed by atoms with Crippen LogP contribution in [0.1, 0.15) is 64.4 Å². The molecule has 0 aliphatic heterocycles. The van der Waals surface area contributed by atoms with Gasteiger partial charge in [0.1, 0.15) is 5.75 Å². The van der Waals surface area contributed by atoms with E-state index in [1.165, 1.54) is 5.57 Å². The van der Waals surface area contributed by atoms with E-state index in [9.17, 15) is 9.90 Å². The Hall–Kier alpha value is -1.14. The summed E-state index contributed by atoms with van der Waals surface area (Å²) in [6.45, 7) is 4.68. The topological polar surface area (TPSA) is 46.5 Å². The quantitative estimate of drug-likeness (QED) is 0.281. The van der Waals surface area contributed by atoms with Crippen LogP contribution in [0, 0.1) is 32.2 Å². The van der Waals surface area contributed by atoms with Crippen molar-refractivity contribution < 1.29 is 14.6 Å². The van der Waals surface area contributed by atoms with E-state index in [-0.39, 0.29) is 16.9 Å². The number of carbonyl (C=O) groups excluding carboxylic acids is 1. The number of Topliss-reactive ketones (excluding diaryl/α,β-unsaturated/α-hetero) is 1. The van der Waals surface area contributed by atoms with Crippen molar-refractivity contribution in [3.05, 3.63) is 44.6 Å². The summed E-state index contributed by atoms with van der Waals surface area (Å²) in [6.07, 6.45) is 11.4. The third-order valence-corrected chi connectivity index (χ3v) is 10.1. The number of hydrogen-bond donors (Lipinski definition) is 1. The summed E-state index contributed by atoms with van der Waals surface area (Å²) < 4.78 is 6.46. The van der Waals surface area contributed by atoms with E-state index in [4.69, 9.17) is 4.74 Å². The molecule has 4 aliphatic carbocycles. The first-order valence-electron chi connectivity index (χ1n) is 11.7. The van der Waals surface area contributed by atoms with Gasteiger partial charge in [-0.25, -0.2) is 0 Å². The van der Waals surface area contributed by atoms with Gasteiger partial charge in [-0.1, -0.05) is 31.6 Å². The molecule has 3 nitrogen and oxygen atoms in total. The molecule has 0 aromatic heterocycles. The minimum atomic E-state index is -0.220. The summed E-state index contributed by atoms with van der Waals surface area (Å²) in [5, 5.41) is 10.2. The Labute approximate surface area is 199 Å². The van der Waals surface area contributed by atoms with E-state index < -0.39 is 0 Å². The largest absolute Gasteiger partial charge is 0.496 e. The number of carbonyl (C=O) groups is 1. The standard InChI is InChI=1S/C27H33IO3/c1-26-10-8-19(29)15-18(26)5-6-20-21(26)9-11-27(2)22(20)14-17(25(27)30)12-16-4-7-24(31-3)23(28)13-16/h4-5,7,12-13,19-22,29H,6,8-11,14-15H2,1-3H3/b17-12+/t19-,20+,21-,22-,26-,27-/m0/s1. The number of methoxy groups -OCH3 is 1. The summed E-state index contributed by atoms with van der Waals surface area (Å²) in [5.74, 6) is 2.91. The summed E-state index contributed by atoms with van der Waals surface area (Å²) in [4.78, 5) is 13.6. The van der Waals surface area contributed by atoms with Crippen LogP contribution in [0.3, 0.4) is 0 Å². The molecule has 3 saturated carbocycles. The molecule has 4 heteroatoms. The number of fused-ring (bicyclic) bond motifs is 5. The van der Waals surface area contributed by atoms with Gasteiger partial charge in [-0.05, 0) is 120 Å². The Morgan fingerprint density at radius 1 is 1.13 bits per heavy atom. The van der Waals surface area contributed by atoms with E-state index in [1.54, 1.807) is 7.11 Å². The molecule has 4 aliphatic rings. The molecule has 0 spiro atoms. The molecule has 0 unspecified atom stereocenters. The number of ketones is 1. The van der Waals surface area contributed by atoms with Crippen LogP contribution in [0.5, 0.6) is 5.75 Å². The zero-order valence-corrected chi connectivity index (χ0v) is 20.9. The second-order valence-corrected chi connectivity index (χ2v) is 11.9. The van der Waals surface area contributed by atoms with Crippen LogP contribution in [0.4, 0.5) is 0 Å². The smallest absolute Gasteiger partial charge is 0.165 e. The van der Waals surface area contributed by atoms with Gasteiger partial charge >= 0.3 is 0 Å². The molecule has 5 rings (SSSR count). The minimum absolute atomic E-state index is 0.167. The number of benzene rings is 1.